The molecular formula is C14H12F6. The van der Waals surface area contributed by atoms with E-state index in [1.807, 2.05) is 0 Å². The highest BCUT2D eigenvalue weighted by Crippen LogP contribution is 2.39. The van der Waals surface area contributed by atoms with Crippen LogP contribution in [0.15, 0.2) is 12.2 Å². The molecule has 6 heteroatoms. The maximum Gasteiger partial charge on any atom is 0.306 e. The Hall–Kier alpha value is -1.72. The molecule has 0 radical (unpaired) electrons. The Kier molecular flexibility index (Phi) is 4.68. The summed E-state index contributed by atoms with van der Waals surface area (Å²) in [5.41, 5.74) is -0.740. The van der Waals surface area contributed by atoms with E-state index in [2.05, 4.69) is 0 Å². The summed E-state index contributed by atoms with van der Waals surface area (Å²) in [6, 6.07) is 0. The molecule has 0 bridgehead atoms. The quantitative estimate of drug-likeness (QED) is 0.588. The van der Waals surface area contributed by atoms with Crippen molar-refractivity contribution in [2.75, 3.05) is 0 Å². The second-order valence-electron chi connectivity index (χ2n) is 4.40. The molecule has 0 aliphatic carbocycles. The van der Waals surface area contributed by atoms with E-state index in [-0.39, 0.29) is 11.1 Å². The van der Waals surface area contributed by atoms with Gasteiger partial charge in [0.1, 0.15) is 0 Å². The molecule has 1 rings (SSSR count). The van der Waals surface area contributed by atoms with Crippen molar-refractivity contribution in [2.24, 2.45) is 0 Å². The molecule has 110 valence electrons. The molecular weight excluding hydrogens is 282 g/mol. The van der Waals surface area contributed by atoms with Gasteiger partial charge in [-0.15, -0.1) is 0 Å². The van der Waals surface area contributed by atoms with E-state index in [1.165, 1.54) is 27.7 Å². The fourth-order valence-corrected chi connectivity index (χ4v) is 2.05. The minimum atomic E-state index is -2.68. The van der Waals surface area contributed by atoms with Crippen molar-refractivity contribution in [3.8, 4) is 0 Å². The van der Waals surface area contributed by atoms with Crippen molar-refractivity contribution in [2.45, 2.75) is 27.7 Å². The summed E-state index contributed by atoms with van der Waals surface area (Å²) in [7, 11) is 0. The first-order chi connectivity index (χ1) is 9.11. The zero-order valence-electron chi connectivity index (χ0n) is 11.3. The second kappa shape index (κ2) is 5.73. The van der Waals surface area contributed by atoms with Gasteiger partial charge in [-0.25, -0.2) is 8.78 Å². The highest BCUT2D eigenvalue weighted by atomic mass is 19.3. The lowest BCUT2D eigenvalue weighted by atomic mass is 9.88. The molecule has 0 nitrogen and oxygen atoms in total. The van der Waals surface area contributed by atoms with Crippen LogP contribution >= 0.6 is 0 Å². The summed E-state index contributed by atoms with van der Waals surface area (Å²) >= 11 is 0. The van der Waals surface area contributed by atoms with Crippen LogP contribution in [0.2, 0.25) is 0 Å². The minimum Gasteiger partial charge on any atom is -0.200 e. The van der Waals surface area contributed by atoms with E-state index in [9.17, 15) is 26.3 Å². The number of hydrogen-bond acceptors (Lipinski definition) is 0. The molecule has 0 N–H and O–H groups in total. The summed E-state index contributed by atoms with van der Waals surface area (Å²) in [5, 5.41) is 0. The zero-order valence-corrected chi connectivity index (χ0v) is 11.3. The standard InChI is InChI=1S/C14H12F6/c1-5-6(2)8(4)10(12(16)14(19)20)9(7(5)3)11(15)13(17)18/h1-4H3. The van der Waals surface area contributed by atoms with Gasteiger partial charge in [0.25, 0.3) is 0 Å². The smallest absolute Gasteiger partial charge is 0.200 e. The first kappa shape index (κ1) is 16.3. The Labute approximate surface area is 112 Å². The summed E-state index contributed by atoms with van der Waals surface area (Å²) in [4.78, 5) is 0. The molecule has 0 aliphatic rings. The Balaban J connectivity index is 4.01. The summed E-state index contributed by atoms with van der Waals surface area (Å²) in [6.45, 7) is 5.63. The number of hydrogen-bond donors (Lipinski definition) is 0. The third-order valence-corrected chi connectivity index (χ3v) is 3.46. The molecule has 20 heavy (non-hydrogen) atoms. The molecule has 0 aliphatic heterocycles. The zero-order chi connectivity index (χ0) is 15.8. The monoisotopic (exact) mass is 294 g/mol. The van der Waals surface area contributed by atoms with Gasteiger partial charge < -0.3 is 0 Å². The molecule has 0 atom stereocenters. The van der Waals surface area contributed by atoms with Crippen LogP contribution in [0.3, 0.4) is 0 Å². The Morgan fingerprint density at radius 3 is 0.950 bits per heavy atom. The number of benzene rings is 1. The van der Waals surface area contributed by atoms with Crippen molar-refractivity contribution in [3.05, 3.63) is 45.5 Å². The van der Waals surface area contributed by atoms with Gasteiger partial charge in [0.05, 0.1) is 0 Å². The van der Waals surface area contributed by atoms with Gasteiger partial charge >= 0.3 is 12.2 Å². The SMILES string of the molecule is Cc1c(C)c(C)c(C(F)=C(F)F)c(C(F)=C(F)F)c1C. The predicted octanol–water partition coefficient (Wildman–Crippen LogP) is 5.99. The van der Waals surface area contributed by atoms with Crippen LogP contribution < -0.4 is 0 Å². The maximum atomic E-state index is 13.6. The molecule has 0 unspecified atom stereocenters. The highest BCUT2D eigenvalue weighted by molar-refractivity contribution is 5.80. The molecule has 0 fully saturated rings. The maximum absolute atomic E-state index is 13.6. The van der Waals surface area contributed by atoms with E-state index >= 15 is 0 Å². The van der Waals surface area contributed by atoms with Crippen LogP contribution in [-0.4, -0.2) is 0 Å². The highest BCUT2D eigenvalue weighted by Gasteiger charge is 2.26. The molecule has 1 aromatic rings. The van der Waals surface area contributed by atoms with Gasteiger partial charge in [-0.3, -0.25) is 0 Å². The summed E-state index contributed by atoms with van der Waals surface area (Å²) in [6.07, 6.45) is -5.35. The van der Waals surface area contributed by atoms with E-state index in [0.717, 1.165) is 0 Å². The third kappa shape index (κ3) is 2.59. The summed E-state index contributed by atoms with van der Waals surface area (Å²) in [5.74, 6) is -3.97. The second-order valence-corrected chi connectivity index (χ2v) is 4.40. The van der Waals surface area contributed by atoms with Gasteiger partial charge in [-0.05, 0) is 49.9 Å². The predicted molar refractivity (Wildman–Crippen MR) is 65.9 cm³/mol. The molecule has 0 heterocycles. The first-order valence-corrected chi connectivity index (χ1v) is 5.63. The third-order valence-electron chi connectivity index (χ3n) is 3.46. The lowest BCUT2D eigenvalue weighted by molar-refractivity contribution is 0.407. The van der Waals surface area contributed by atoms with E-state index < -0.39 is 34.9 Å². The fraction of sp³-hybridized carbons (Fsp3) is 0.286. The molecule has 1 aromatic carbocycles. The van der Waals surface area contributed by atoms with Gasteiger partial charge in [-0.1, -0.05) is 0 Å². The number of rotatable bonds is 2. The fourth-order valence-electron chi connectivity index (χ4n) is 2.05. The molecule has 0 spiro atoms. The van der Waals surface area contributed by atoms with Gasteiger partial charge in [-0.2, -0.15) is 17.6 Å². The summed E-state index contributed by atoms with van der Waals surface area (Å²) < 4.78 is 77.1. The molecule has 0 saturated heterocycles. The molecule has 0 saturated carbocycles. The lowest BCUT2D eigenvalue weighted by Crippen LogP contribution is -2.04. The van der Waals surface area contributed by atoms with Gasteiger partial charge in [0.15, 0.2) is 11.7 Å². The van der Waals surface area contributed by atoms with Crippen LogP contribution in [-0.2, 0) is 0 Å². The largest absolute Gasteiger partial charge is 0.306 e. The normalized spacial score (nSPS) is 10.5. The van der Waals surface area contributed by atoms with E-state index in [4.69, 9.17) is 0 Å². The van der Waals surface area contributed by atoms with Crippen molar-refractivity contribution in [1.82, 2.24) is 0 Å². The van der Waals surface area contributed by atoms with Crippen molar-refractivity contribution in [1.29, 1.82) is 0 Å². The van der Waals surface area contributed by atoms with Crippen LogP contribution in [0.5, 0.6) is 0 Å². The van der Waals surface area contributed by atoms with Crippen LogP contribution in [0.25, 0.3) is 11.7 Å². The van der Waals surface area contributed by atoms with Gasteiger partial charge in [0.2, 0.25) is 0 Å². The molecule has 0 amide bonds. The Morgan fingerprint density at radius 2 is 0.750 bits per heavy atom. The molecule has 0 aromatic heterocycles. The van der Waals surface area contributed by atoms with Crippen LogP contribution in [0, 0.1) is 27.7 Å². The van der Waals surface area contributed by atoms with E-state index in [0.29, 0.717) is 11.1 Å². The number of halogens is 6. The van der Waals surface area contributed by atoms with Crippen molar-refractivity contribution < 1.29 is 26.3 Å². The average Bonchev–Trinajstić information content (AvgIpc) is 2.38. The topological polar surface area (TPSA) is 0 Å². The van der Waals surface area contributed by atoms with Crippen molar-refractivity contribution in [3.63, 3.8) is 0 Å². The van der Waals surface area contributed by atoms with Crippen molar-refractivity contribution >= 4 is 11.7 Å². The average molecular weight is 294 g/mol. The van der Waals surface area contributed by atoms with Gasteiger partial charge in [0, 0.05) is 11.1 Å². The first-order valence-electron chi connectivity index (χ1n) is 5.63. The lowest BCUT2D eigenvalue weighted by Gasteiger charge is -2.18. The minimum absolute atomic E-state index is 0.00444. The van der Waals surface area contributed by atoms with Crippen LogP contribution in [0.1, 0.15) is 33.4 Å². The van der Waals surface area contributed by atoms with Crippen LogP contribution in [0.4, 0.5) is 26.3 Å². The Bertz CT molecular complexity index is 562. The van der Waals surface area contributed by atoms with E-state index in [1.54, 1.807) is 0 Å². The Morgan fingerprint density at radius 1 is 0.500 bits per heavy atom.